The third kappa shape index (κ3) is 4.72. The van der Waals surface area contributed by atoms with Crippen LogP contribution in [0.5, 0.6) is 0 Å². The molecule has 1 aromatic heterocycles. The zero-order valence-corrected chi connectivity index (χ0v) is 11.9. The van der Waals surface area contributed by atoms with Crippen molar-refractivity contribution in [2.45, 2.75) is 38.5 Å². The van der Waals surface area contributed by atoms with Gasteiger partial charge in [-0.2, -0.15) is 0 Å². The van der Waals surface area contributed by atoms with Crippen molar-refractivity contribution in [3.8, 4) is 0 Å². The van der Waals surface area contributed by atoms with Gasteiger partial charge in [0.15, 0.2) is 0 Å². The SMILES string of the molecule is COC(C)(C)CC(CN)N(C)Cc1cccnc1. The van der Waals surface area contributed by atoms with Gasteiger partial charge in [-0.1, -0.05) is 6.07 Å². The quantitative estimate of drug-likeness (QED) is 0.800. The first-order valence-electron chi connectivity index (χ1n) is 6.33. The molecule has 102 valence electrons. The molecule has 0 aliphatic carbocycles. The molecule has 4 nitrogen and oxygen atoms in total. The average Bonchev–Trinajstić information content (AvgIpc) is 2.37. The summed E-state index contributed by atoms with van der Waals surface area (Å²) < 4.78 is 5.48. The summed E-state index contributed by atoms with van der Waals surface area (Å²) in [5.41, 5.74) is 6.93. The van der Waals surface area contributed by atoms with E-state index in [9.17, 15) is 0 Å². The molecule has 1 aromatic rings. The number of pyridine rings is 1. The molecule has 0 amide bonds. The molecule has 0 aromatic carbocycles. The lowest BCUT2D eigenvalue weighted by Crippen LogP contribution is -2.43. The van der Waals surface area contributed by atoms with Crippen LogP contribution >= 0.6 is 0 Å². The monoisotopic (exact) mass is 251 g/mol. The molecule has 0 bridgehead atoms. The Labute approximate surface area is 110 Å². The minimum atomic E-state index is -0.146. The number of methoxy groups -OCH3 is 1. The van der Waals surface area contributed by atoms with Gasteiger partial charge in [-0.15, -0.1) is 0 Å². The molecule has 0 aliphatic heterocycles. The second-order valence-corrected chi connectivity index (χ2v) is 5.33. The van der Waals surface area contributed by atoms with Crippen LogP contribution in [0.25, 0.3) is 0 Å². The Morgan fingerprint density at radius 1 is 1.50 bits per heavy atom. The Bertz CT molecular complexity index is 340. The van der Waals surface area contributed by atoms with Crippen molar-refractivity contribution in [3.05, 3.63) is 30.1 Å². The third-order valence-corrected chi connectivity index (χ3v) is 3.33. The first-order valence-corrected chi connectivity index (χ1v) is 6.33. The van der Waals surface area contributed by atoms with Gasteiger partial charge in [0, 0.05) is 38.6 Å². The summed E-state index contributed by atoms with van der Waals surface area (Å²) >= 11 is 0. The maximum Gasteiger partial charge on any atom is 0.0638 e. The van der Waals surface area contributed by atoms with Gasteiger partial charge in [0.25, 0.3) is 0 Å². The Hall–Kier alpha value is -0.970. The van der Waals surface area contributed by atoms with Gasteiger partial charge in [-0.25, -0.2) is 0 Å². The summed E-state index contributed by atoms with van der Waals surface area (Å²) in [6.45, 7) is 5.67. The van der Waals surface area contributed by atoms with E-state index in [4.69, 9.17) is 10.5 Å². The van der Waals surface area contributed by atoms with Crippen molar-refractivity contribution in [1.29, 1.82) is 0 Å². The van der Waals surface area contributed by atoms with Crippen molar-refractivity contribution in [3.63, 3.8) is 0 Å². The molecule has 0 fully saturated rings. The van der Waals surface area contributed by atoms with Crippen LogP contribution in [0.2, 0.25) is 0 Å². The number of hydrogen-bond donors (Lipinski definition) is 1. The molecule has 0 saturated heterocycles. The normalized spacial score (nSPS) is 13.9. The number of nitrogens with zero attached hydrogens (tertiary/aromatic N) is 2. The first-order chi connectivity index (χ1) is 8.48. The van der Waals surface area contributed by atoms with Gasteiger partial charge in [0.2, 0.25) is 0 Å². The zero-order valence-electron chi connectivity index (χ0n) is 11.9. The fourth-order valence-electron chi connectivity index (χ4n) is 1.98. The van der Waals surface area contributed by atoms with Crippen LogP contribution in [-0.2, 0) is 11.3 Å². The van der Waals surface area contributed by atoms with E-state index in [2.05, 4.69) is 36.8 Å². The highest BCUT2D eigenvalue weighted by molar-refractivity contribution is 5.08. The number of hydrogen-bond acceptors (Lipinski definition) is 4. The lowest BCUT2D eigenvalue weighted by molar-refractivity contribution is -0.00539. The molecule has 1 unspecified atom stereocenters. The fraction of sp³-hybridized carbons (Fsp3) is 0.643. The third-order valence-electron chi connectivity index (χ3n) is 3.33. The Balaban J connectivity index is 2.60. The summed E-state index contributed by atoms with van der Waals surface area (Å²) in [6, 6.07) is 4.35. The number of rotatable bonds is 7. The molecule has 0 saturated carbocycles. The minimum Gasteiger partial charge on any atom is -0.379 e. The van der Waals surface area contributed by atoms with E-state index < -0.39 is 0 Å². The van der Waals surface area contributed by atoms with Gasteiger partial charge in [0.05, 0.1) is 5.60 Å². The van der Waals surface area contributed by atoms with E-state index >= 15 is 0 Å². The second kappa shape index (κ2) is 6.83. The molecule has 0 spiro atoms. The van der Waals surface area contributed by atoms with Crippen molar-refractivity contribution >= 4 is 0 Å². The Morgan fingerprint density at radius 2 is 2.22 bits per heavy atom. The summed E-state index contributed by atoms with van der Waals surface area (Å²) in [4.78, 5) is 6.39. The lowest BCUT2D eigenvalue weighted by Gasteiger charge is -2.33. The molecule has 2 N–H and O–H groups in total. The number of likely N-dealkylation sites (N-methyl/N-ethyl adjacent to an activating group) is 1. The van der Waals surface area contributed by atoms with E-state index in [-0.39, 0.29) is 5.60 Å². The predicted octanol–water partition coefficient (Wildman–Crippen LogP) is 1.66. The summed E-state index contributed by atoms with van der Waals surface area (Å²) in [6.07, 6.45) is 4.60. The minimum absolute atomic E-state index is 0.146. The summed E-state index contributed by atoms with van der Waals surface area (Å²) in [5, 5.41) is 0. The molecule has 1 rings (SSSR count). The highest BCUT2D eigenvalue weighted by atomic mass is 16.5. The van der Waals surface area contributed by atoms with Gasteiger partial charge in [-0.05, 0) is 38.9 Å². The molecule has 4 heteroatoms. The van der Waals surface area contributed by atoms with Crippen LogP contribution in [0.4, 0.5) is 0 Å². The molecule has 0 radical (unpaired) electrons. The van der Waals surface area contributed by atoms with Crippen LogP contribution < -0.4 is 5.73 Å². The van der Waals surface area contributed by atoms with E-state index in [1.165, 1.54) is 5.56 Å². The van der Waals surface area contributed by atoms with Gasteiger partial charge in [0.1, 0.15) is 0 Å². The van der Waals surface area contributed by atoms with Gasteiger partial charge in [-0.3, -0.25) is 9.88 Å². The highest BCUT2D eigenvalue weighted by Gasteiger charge is 2.24. The molecular weight excluding hydrogens is 226 g/mol. The zero-order chi connectivity index (χ0) is 13.6. The van der Waals surface area contributed by atoms with Gasteiger partial charge < -0.3 is 10.5 Å². The number of aromatic nitrogens is 1. The largest absolute Gasteiger partial charge is 0.379 e. The topological polar surface area (TPSA) is 51.4 Å². The molecular formula is C14H25N3O. The van der Waals surface area contributed by atoms with Crippen LogP contribution in [0, 0.1) is 0 Å². The van der Waals surface area contributed by atoms with Crippen LogP contribution in [0.3, 0.4) is 0 Å². The van der Waals surface area contributed by atoms with Crippen molar-refractivity contribution in [2.24, 2.45) is 5.73 Å². The smallest absolute Gasteiger partial charge is 0.0638 e. The maximum atomic E-state index is 5.88. The maximum absolute atomic E-state index is 5.88. The van der Waals surface area contributed by atoms with E-state index in [1.807, 2.05) is 12.3 Å². The van der Waals surface area contributed by atoms with Crippen molar-refractivity contribution in [2.75, 3.05) is 20.7 Å². The summed E-state index contributed by atoms with van der Waals surface area (Å²) in [5.74, 6) is 0. The van der Waals surface area contributed by atoms with E-state index in [0.717, 1.165) is 13.0 Å². The van der Waals surface area contributed by atoms with Crippen LogP contribution in [0.15, 0.2) is 24.5 Å². The molecule has 18 heavy (non-hydrogen) atoms. The first kappa shape index (κ1) is 15.1. The van der Waals surface area contributed by atoms with Crippen LogP contribution in [0.1, 0.15) is 25.8 Å². The Morgan fingerprint density at radius 3 is 2.72 bits per heavy atom. The second-order valence-electron chi connectivity index (χ2n) is 5.33. The van der Waals surface area contributed by atoms with E-state index in [1.54, 1.807) is 13.3 Å². The van der Waals surface area contributed by atoms with Gasteiger partial charge >= 0.3 is 0 Å². The average molecular weight is 251 g/mol. The van der Waals surface area contributed by atoms with Crippen molar-refractivity contribution < 1.29 is 4.74 Å². The molecule has 1 heterocycles. The molecule has 0 aliphatic rings. The molecule has 1 atom stereocenters. The number of nitrogens with two attached hydrogens (primary N) is 1. The summed E-state index contributed by atoms with van der Waals surface area (Å²) in [7, 11) is 3.84. The standard InChI is InChI=1S/C14H25N3O/c1-14(2,18-4)8-13(9-15)17(3)11-12-6-5-7-16-10-12/h5-7,10,13H,8-9,11,15H2,1-4H3. The van der Waals surface area contributed by atoms with Crippen molar-refractivity contribution in [1.82, 2.24) is 9.88 Å². The predicted molar refractivity (Wildman–Crippen MR) is 74.3 cm³/mol. The lowest BCUT2D eigenvalue weighted by atomic mass is 9.97. The highest BCUT2D eigenvalue weighted by Crippen LogP contribution is 2.19. The number of ether oxygens (including phenoxy) is 1. The Kier molecular flexibility index (Phi) is 5.72. The fourth-order valence-corrected chi connectivity index (χ4v) is 1.98. The van der Waals surface area contributed by atoms with Crippen LogP contribution in [-0.4, -0.2) is 42.2 Å². The van der Waals surface area contributed by atoms with E-state index in [0.29, 0.717) is 12.6 Å².